The van der Waals surface area contributed by atoms with Gasteiger partial charge in [-0.3, -0.25) is 14.6 Å². The molecule has 158 valence electrons. The number of aromatic nitrogens is 4. The Hall–Kier alpha value is -4.10. The minimum atomic E-state index is -0.308. The molecule has 3 aromatic carbocycles. The Labute approximate surface area is 188 Å². The van der Waals surface area contributed by atoms with Crippen molar-refractivity contribution in [3.8, 4) is 22.8 Å². The summed E-state index contributed by atoms with van der Waals surface area (Å²) in [7, 11) is 1.84. The van der Waals surface area contributed by atoms with Gasteiger partial charge >= 0.3 is 0 Å². The van der Waals surface area contributed by atoms with Crippen molar-refractivity contribution in [3.63, 3.8) is 0 Å². The summed E-state index contributed by atoms with van der Waals surface area (Å²) >= 11 is 6.19. The van der Waals surface area contributed by atoms with Crippen LogP contribution < -0.4 is 10.1 Å². The number of carbonyl (C=O) groups is 1. The van der Waals surface area contributed by atoms with E-state index in [9.17, 15) is 4.79 Å². The number of halogens is 1. The molecule has 32 heavy (non-hydrogen) atoms. The fourth-order valence-electron chi connectivity index (χ4n) is 3.49. The zero-order valence-electron chi connectivity index (χ0n) is 17.0. The number of carbonyl (C=O) groups excluding carboxylic acids is 1. The average molecular weight is 444 g/mol. The number of hydrogen-bond acceptors (Lipinski definition) is 4. The van der Waals surface area contributed by atoms with Gasteiger partial charge in [0.25, 0.3) is 5.91 Å². The highest BCUT2D eigenvalue weighted by molar-refractivity contribution is 6.31. The van der Waals surface area contributed by atoms with Crippen molar-refractivity contribution in [3.05, 3.63) is 89.7 Å². The van der Waals surface area contributed by atoms with Crippen LogP contribution in [0.25, 0.3) is 22.2 Å². The van der Waals surface area contributed by atoms with Gasteiger partial charge in [-0.05, 0) is 36.4 Å². The van der Waals surface area contributed by atoms with Gasteiger partial charge in [0.2, 0.25) is 0 Å². The summed E-state index contributed by atoms with van der Waals surface area (Å²) < 4.78 is 7.66. The van der Waals surface area contributed by atoms with E-state index in [1.165, 1.54) is 0 Å². The van der Waals surface area contributed by atoms with Gasteiger partial charge in [0.05, 0.1) is 23.0 Å². The molecule has 0 atom stereocenters. The van der Waals surface area contributed by atoms with Gasteiger partial charge in [-0.15, -0.1) is 0 Å². The summed E-state index contributed by atoms with van der Waals surface area (Å²) in [5.41, 5.74) is 3.16. The van der Waals surface area contributed by atoms with Crippen molar-refractivity contribution in [2.24, 2.45) is 7.05 Å². The van der Waals surface area contributed by atoms with E-state index in [1.54, 1.807) is 35.1 Å². The van der Waals surface area contributed by atoms with Crippen LogP contribution >= 0.6 is 11.6 Å². The Morgan fingerprint density at radius 3 is 2.72 bits per heavy atom. The number of benzene rings is 3. The predicted octanol–water partition coefficient (Wildman–Crippen LogP) is 5.66. The number of aryl methyl sites for hydroxylation is 1. The monoisotopic (exact) mass is 443 g/mol. The first-order valence-corrected chi connectivity index (χ1v) is 10.3. The molecule has 2 N–H and O–H groups in total. The lowest BCUT2D eigenvalue weighted by Crippen LogP contribution is -2.13. The van der Waals surface area contributed by atoms with Gasteiger partial charge in [-0.25, -0.2) is 0 Å². The lowest BCUT2D eigenvalue weighted by Gasteiger charge is -2.13. The van der Waals surface area contributed by atoms with Crippen LogP contribution in [0.1, 0.15) is 10.4 Å². The van der Waals surface area contributed by atoms with E-state index in [1.807, 2.05) is 55.7 Å². The Morgan fingerprint density at radius 2 is 1.94 bits per heavy atom. The molecule has 2 aromatic heterocycles. The number of amides is 1. The van der Waals surface area contributed by atoms with Crippen LogP contribution in [0.2, 0.25) is 5.02 Å². The molecule has 7 nitrogen and oxygen atoms in total. The molecule has 2 heterocycles. The van der Waals surface area contributed by atoms with Crippen LogP contribution in [0, 0.1) is 0 Å². The molecule has 8 heteroatoms. The minimum Gasteiger partial charge on any atom is -0.455 e. The van der Waals surface area contributed by atoms with Crippen LogP contribution in [0.3, 0.4) is 0 Å². The van der Waals surface area contributed by atoms with Gasteiger partial charge in [-0.1, -0.05) is 41.9 Å². The van der Waals surface area contributed by atoms with Crippen molar-refractivity contribution in [1.29, 1.82) is 0 Å². The Morgan fingerprint density at radius 1 is 1.09 bits per heavy atom. The molecule has 0 aliphatic heterocycles. The molecule has 5 aromatic rings. The fourth-order valence-corrected chi connectivity index (χ4v) is 3.66. The van der Waals surface area contributed by atoms with Crippen LogP contribution in [0.4, 0.5) is 5.69 Å². The number of nitrogens with one attached hydrogen (secondary N) is 2. The Balaban J connectivity index is 1.48. The summed E-state index contributed by atoms with van der Waals surface area (Å²) in [6, 6.07) is 19.9. The molecule has 0 spiro atoms. The van der Waals surface area contributed by atoms with E-state index in [0.717, 1.165) is 16.6 Å². The second kappa shape index (κ2) is 8.20. The predicted molar refractivity (Wildman–Crippen MR) is 124 cm³/mol. The molecule has 5 rings (SSSR count). The first kappa shape index (κ1) is 19.8. The Kier molecular flexibility index (Phi) is 5.09. The fraction of sp³-hybridized carbons (Fsp3) is 0.0417. The number of ether oxygens (including phenoxy) is 1. The quantitative estimate of drug-likeness (QED) is 0.367. The number of nitrogens with zero attached hydrogens (tertiary/aromatic N) is 3. The van der Waals surface area contributed by atoms with Gasteiger partial charge in [0.1, 0.15) is 11.4 Å². The van der Waals surface area contributed by atoms with E-state index in [0.29, 0.717) is 33.3 Å². The third-order valence-corrected chi connectivity index (χ3v) is 5.22. The van der Waals surface area contributed by atoms with E-state index >= 15 is 0 Å². The van der Waals surface area contributed by atoms with Gasteiger partial charge in [-0.2, -0.15) is 10.2 Å². The number of aromatic amines is 1. The van der Waals surface area contributed by atoms with Crippen LogP contribution in [-0.4, -0.2) is 25.9 Å². The van der Waals surface area contributed by atoms with E-state index in [4.69, 9.17) is 16.3 Å². The molecule has 0 unspecified atom stereocenters. The lowest BCUT2D eigenvalue weighted by molar-refractivity contribution is 0.102. The molecule has 0 saturated carbocycles. The standard InChI is InChI=1S/C24H18ClN5O2/c1-30-14-15(13-26-30)22-18-8-5-9-19(23(18)29-28-22)24(31)27-20-12-16(25)10-11-21(20)32-17-6-3-2-4-7-17/h2-14H,1H3,(H,27,31)(H,28,29). The highest BCUT2D eigenvalue weighted by Crippen LogP contribution is 2.33. The summed E-state index contributed by atoms with van der Waals surface area (Å²) in [5.74, 6) is 0.834. The molecule has 0 aliphatic carbocycles. The first-order chi connectivity index (χ1) is 15.6. The molecule has 0 saturated heterocycles. The third-order valence-electron chi connectivity index (χ3n) is 4.98. The van der Waals surface area contributed by atoms with Crippen LogP contribution in [0.15, 0.2) is 79.1 Å². The molecular weight excluding hydrogens is 426 g/mol. The highest BCUT2D eigenvalue weighted by Gasteiger charge is 2.18. The molecule has 0 fully saturated rings. The smallest absolute Gasteiger partial charge is 0.257 e. The summed E-state index contributed by atoms with van der Waals surface area (Å²) in [4.78, 5) is 13.2. The van der Waals surface area contributed by atoms with Gasteiger partial charge in [0.15, 0.2) is 5.75 Å². The van der Waals surface area contributed by atoms with Gasteiger partial charge in [0, 0.05) is 29.2 Å². The second-order valence-corrected chi connectivity index (χ2v) is 7.65. The normalized spacial score (nSPS) is 10.9. The second-order valence-electron chi connectivity index (χ2n) is 7.21. The first-order valence-electron chi connectivity index (χ1n) is 9.88. The number of para-hydroxylation sites is 2. The number of rotatable bonds is 5. The highest BCUT2D eigenvalue weighted by atomic mass is 35.5. The summed E-state index contributed by atoms with van der Waals surface area (Å²) in [6.45, 7) is 0. The average Bonchev–Trinajstić information content (AvgIpc) is 3.42. The van der Waals surface area contributed by atoms with Crippen LogP contribution in [0.5, 0.6) is 11.5 Å². The van der Waals surface area contributed by atoms with Crippen molar-refractivity contribution >= 4 is 34.1 Å². The van der Waals surface area contributed by atoms with Crippen molar-refractivity contribution < 1.29 is 9.53 Å². The number of H-pyrrole nitrogens is 1. The lowest BCUT2D eigenvalue weighted by atomic mass is 10.1. The zero-order chi connectivity index (χ0) is 22.1. The maximum absolute atomic E-state index is 13.2. The zero-order valence-corrected chi connectivity index (χ0v) is 17.8. The van der Waals surface area contributed by atoms with Crippen molar-refractivity contribution in [2.45, 2.75) is 0 Å². The van der Waals surface area contributed by atoms with E-state index < -0.39 is 0 Å². The maximum Gasteiger partial charge on any atom is 0.257 e. The van der Waals surface area contributed by atoms with Gasteiger partial charge < -0.3 is 10.1 Å². The molecule has 0 bridgehead atoms. The van der Waals surface area contributed by atoms with Crippen molar-refractivity contribution in [2.75, 3.05) is 5.32 Å². The molecule has 0 radical (unpaired) electrons. The minimum absolute atomic E-state index is 0.308. The molecular formula is C24H18ClN5O2. The largest absolute Gasteiger partial charge is 0.455 e. The summed E-state index contributed by atoms with van der Waals surface area (Å²) in [5, 5.41) is 15.8. The van der Waals surface area contributed by atoms with E-state index in [2.05, 4.69) is 20.6 Å². The molecule has 0 aliphatic rings. The SMILES string of the molecule is Cn1cc(-c2n[nH]c3c(C(=O)Nc4cc(Cl)ccc4Oc4ccccc4)cccc23)cn1. The van der Waals surface area contributed by atoms with Crippen LogP contribution in [-0.2, 0) is 7.05 Å². The third kappa shape index (κ3) is 3.81. The molecule has 1 amide bonds. The number of fused-ring (bicyclic) bond motifs is 1. The topological polar surface area (TPSA) is 84.8 Å². The number of anilines is 1. The summed E-state index contributed by atoms with van der Waals surface area (Å²) in [6.07, 6.45) is 3.61. The van der Waals surface area contributed by atoms with E-state index in [-0.39, 0.29) is 5.91 Å². The van der Waals surface area contributed by atoms with Crippen molar-refractivity contribution in [1.82, 2.24) is 20.0 Å². The Bertz CT molecular complexity index is 1430. The maximum atomic E-state index is 13.2. The number of hydrogen-bond donors (Lipinski definition) is 2.